The maximum atomic E-state index is 6.28. The van der Waals surface area contributed by atoms with E-state index in [1.54, 1.807) is 0 Å². The lowest BCUT2D eigenvalue weighted by Gasteiger charge is -2.28. The molecule has 0 saturated carbocycles. The zero-order valence-electron chi connectivity index (χ0n) is 16.5. The summed E-state index contributed by atoms with van der Waals surface area (Å²) in [6, 6.07) is 19.8. The number of benzene rings is 2. The Morgan fingerprint density at radius 3 is 2.00 bits per heavy atom. The van der Waals surface area contributed by atoms with Crippen LogP contribution in [0.5, 0.6) is 11.5 Å². The molecule has 27 heavy (non-hydrogen) atoms. The fourth-order valence-corrected chi connectivity index (χ4v) is 2.92. The molecule has 2 unspecified atom stereocenters. The second kappa shape index (κ2) is 13.2. The second-order valence-corrected chi connectivity index (χ2v) is 6.25. The van der Waals surface area contributed by atoms with Crippen molar-refractivity contribution in [1.29, 1.82) is 0 Å². The van der Waals surface area contributed by atoms with Gasteiger partial charge in [0.2, 0.25) is 0 Å². The minimum atomic E-state index is -0.0350. The van der Waals surface area contributed by atoms with E-state index in [1.807, 2.05) is 74.5 Å². The predicted molar refractivity (Wildman–Crippen MR) is 109 cm³/mol. The lowest BCUT2D eigenvalue weighted by molar-refractivity contribution is -0.0420. The topological polar surface area (TPSA) is 36.9 Å². The quantitative estimate of drug-likeness (QED) is 0.431. The molecule has 0 amide bonds. The summed E-state index contributed by atoms with van der Waals surface area (Å²) in [6.45, 7) is 6.74. The van der Waals surface area contributed by atoms with Gasteiger partial charge in [0.05, 0.1) is 12.7 Å². The standard InChI is InChI=1S/C23H32O4/c1-3-24-19-17-22(25-4-2)23(27-21-14-9-6-10-15-21)16-11-18-26-20-12-7-5-8-13-20/h5-10,12-15,22-23H,3-4,11,16-19H2,1-2H3. The molecule has 2 aromatic carbocycles. The van der Waals surface area contributed by atoms with Gasteiger partial charge in [-0.2, -0.15) is 0 Å². The summed E-state index contributed by atoms with van der Waals surface area (Å²) in [5.41, 5.74) is 0. The molecule has 0 heterocycles. The van der Waals surface area contributed by atoms with Crippen LogP contribution < -0.4 is 9.47 Å². The highest BCUT2D eigenvalue weighted by atomic mass is 16.5. The Morgan fingerprint density at radius 2 is 1.37 bits per heavy atom. The SMILES string of the molecule is CCOCCC(OCC)C(CCCOc1ccccc1)Oc1ccccc1. The zero-order valence-corrected chi connectivity index (χ0v) is 16.5. The molecule has 148 valence electrons. The van der Waals surface area contributed by atoms with E-state index in [1.165, 1.54) is 0 Å². The third-order valence-electron chi connectivity index (χ3n) is 4.22. The Kier molecular flexibility index (Phi) is 10.4. The summed E-state index contributed by atoms with van der Waals surface area (Å²) in [4.78, 5) is 0. The van der Waals surface area contributed by atoms with Crippen molar-refractivity contribution in [2.75, 3.05) is 26.4 Å². The second-order valence-electron chi connectivity index (χ2n) is 6.25. The zero-order chi connectivity index (χ0) is 19.2. The van der Waals surface area contributed by atoms with Gasteiger partial charge in [0.15, 0.2) is 0 Å². The van der Waals surface area contributed by atoms with Crippen LogP contribution in [0, 0.1) is 0 Å². The van der Waals surface area contributed by atoms with Crippen LogP contribution >= 0.6 is 0 Å². The van der Waals surface area contributed by atoms with Gasteiger partial charge in [-0.3, -0.25) is 0 Å². The van der Waals surface area contributed by atoms with Crippen LogP contribution in [0.1, 0.15) is 33.1 Å². The van der Waals surface area contributed by atoms with E-state index in [0.29, 0.717) is 26.4 Å². The van der Waals surface area contributed by atoms with Crippen molar-refractivity contribution in [3.05, 3.63) is 60.7 Å². The van der Waals surface area contributed by atoms with Crippen LogP contribution in [0.2, 0.25) is 0 Å². The van der Waals surface area contributed by atoms with Crippen LogP contribution in [0.4, 0.5) is 0 Å². The molecule has 0 fully saturated rings. The van der Waals surface area contributed by atoms with Crippen molar-refractivity contribution in [2.24, 2.45) is 0 Å². The lowest BCUT2D eigenvalue weighted by atomic mass is 10.1. The van der Waals surface area contributed by atoms with Gasteiger partial charge >= 0.3 is 0 Å². The highest BCUT2D eigenvalue weighted by molar-refractivity contribution is 5.22. The summed E-state index contributed by atoms with van der Waals surface area (Å²) in [7, 11) is 0. The average Bonchev–Trinajstić information content (AvgIpc) is 2.71. The largest absolute Gasteiger partial charge is 0.494 e. The molecule has 0 bridgehead atoms. The van der Waals surface area contributed by atoms with Crippen LogP contribution in [-0.4, -0.2) is 38.6 Å². The first-order valence-corrected chi connectivity index (χ1v) is 9.92. The summed E-state index contributed by atoms with van der Waals surface area (Å²) in [6.07, 6.45) is 2.53. The van der Waals surface area contributed by atoms with E-state index in [0.717, 1.165) is 30.8 Å². The van der Waals surface area contributed by atoms with Gasteiger partial charge < -0.3 is 18.9 Å². The Bertz CT molecular complexity index is 588. The predicted octanol–water partition coefficient (Wildman–Crippen LogP) is 5.12. The maximum Gasteiger partial charge on any atom is 0.125 e. The summed E-state index contributed by atoms with van der Waals surface area (Å²) >= 11 is 0. The van der Waals surface area contributed by atoms with Crippen molar-refractivity contribution in [1.82, 2.24) is 0 Å². The third kappa shape index (κ3) is 8.46. The van der Waals surface area contributed by atoms with Gasteiger partial charge in [-0.1, -0.05) is 36.4 Å². The van der Waals surface area contributed by atoms with Crippen molar-refractivity contribution in [2.45, 2.75) is 45.3 Å². The molecule has 0 radical (unpaired) electrons. The average molecular weight is 373 g/mol. The van der Waals surface area contributed by atoms with Crippen LogP contribution in [0.3, 0.4) is 0 Å². The molecule has 2 aromatic rings. The van der Waals surface area contributed by atoms with Crippen molar-refractivity contribution < 1.29 is 18.9 Å². The highest BCUT2D eigenvalue weighted by Crippen LogP contribution is 2.20. The first-order valence-electron chi connectivity index (χ1n) is 9.92. The summed E-state index contributed by atoms with van der Waals surface area (Å²) in [5, 5.41) is 0. The maximum absolute atomic E-state index is 6.28. The number of hydrogen-bond acceptors (Lipinski definition) is 4. The number of para-hydroxylation sites is 2. The van der Waals surface area contributed by atoms with Gasteiger partial charge in [-0.25, -0.2) is 0 Å². The third-order valence-corrected chi connectivity index (χ3v) is 4.22. The number of rotatable bonds is 14. The van der Waals surface area contributed by atoms with E-state index in [-0.39, 0.29) is 12.2 Å². The Labute approximate surface area is 163 Å². The van der Waals surface area contributed by atoms with Crippen molar-refractivity contribution in [3.8, 4) is 11.5 Å². The first kappa shape index (κ1) is 21.3. The van der Waals surface area contributed by atoms with Gasteiger partial charge in [0.1, 0.15) is 17.6 Å². The molecular weight excluding hydrogens is 340 g/mol. The molecule has 0 aliphatic carbocycles. The van der Waals surface area contributed by atoms with Gasteiger partial charge in [0.25, 0.3) is 0 Å². The van der Waals surface area contributed by atoms with E-state index in [9.17, 15) is 0 Å². The minimum Gasteiger partial charge on any atom is -0.494 e. The fourth-order valence-electron chi connectivity index (χ4n) is 2.92. The fraction of sp³-hybridized carbons (Fsp3) is 0.478. The van der Waals surface area contributed by atoms with E-state index in [2.05, 4.69) is 0 Å². The van der Waals surface area contributed by atoms with Gasteiger partial charge in [0, 0.05) is 26.2 Å². The van der Waals surface area contributed by atoms with E-state index >= 15 is 0 Å². The molecule has 0 N–H and O–H groups in total. The molecule has 0 aliphatic heterocycles. The smallest absolute Gasteiger partial charge is 0.125 e. The number of hydrogen-bond donors (Lipinski definition) is 0. The van der Waals surface area contributed by atoms with Crippen molar-refractivity contribution in [3.63, 3.8) is 0 Å². The van der Waals surface area contributed by atoms with E-state index in [4.69, 9.17) is 18.9 Å². The van der Waals surface area contributed by atoms with E-state index < -0.39 is 0 Å². The first-order chi connectivity index (χ1) is 13.3. The Balaban J connectivity index is 1.92. The van der Waals surface area contributed by atoms with Gasteiger partial charge in [-0.15, -0.1) is 0 Å². The lowest BCUT2D eigenvalue weighted by Crippen LogP contribution is -2.35. The van der Waals surface area contributed by atoms with Crippen molar-refractivity contribution >= 4 is 0 Å². The molecule has 4 nitrogen and oxygen atoms in total. The number of ether oxygens (including phenoxy) is 4. The molecule has 4 heteroatoms. The Hall–Kier alpha value is -2.04. The molecule has 0 aromatic heterocycles. The van der Waals surface area contributed by atoms with Crippen LogP contribution in [-0.2, 0) is 9.47 Å². The molecule has 0 saturated heterocycles. The van der Waals surface area contributed by atoms with Crippen LogP contribution in [0.25, 0.3) is 0 Å². The Morgan fingerprint density at radius 1 is 0.704 bits per heavy atom. The van der Waals surface area contributed by atoms with Crippen LogP contribution in [0.15, 0.2) is 60.7 Å². The molecular formula is C23H32O4. The summed E-state index contributed by atoms with van der Waals surface area (Å²) < 4.78 is 23.6. The molecule has 2 atom stereocenters. The van der Waals surface area contributed by atoms with Gasteiger partial charge in [-0.05, 0) is 51.0 Å². The monoisotopic (exact) mass is 372 g/mol. The normalized spacial score (nSPS) is 13.1. The minimum absolute atomic E-state index is 0.00141. The molecule has 0 aliphatic rings. The highest BCUT2D eigenvalue weighted by Gasteiger charge is 2.23. The molecule has 2 rings (SSSR count). The summed E-state index contributed by atoms with van der Waals surface area (Å²) in [5.74, 6) is 1.77. The molecule has 0 spiro atoms.